The summed E-state index contributed by atoms with van der Waals surface area (Å²) in [5, 5.41) is 12.7. The highest BCUT2D eigenvalue weighted by molar-refractivity contribution is 7.92. The third-order valence-electron chi connectivity index (χ3n) is 3.84. The second-order valence-electron chi connectivity index (χ2n) is 5.70. The van der Waals surface area contributed by atoms with Gasteiger partial charge >= 0.3 is 5.97 Å². The third kappa shape index (κ3) is 3.40. The number of nitrogens with two attached hydrogens (primary N) is 1. The number of hydrogen-bond acceptors (Lipinski definition) is 8. The molecule has 0 radical (unpaired) electrons. The number of ether oxygens (including phenoxy) is 1. The lowest BCUT2D eigenvalue weighted by Crippen LogP contribution is -2.14. The lowest BCUT2D eigenvalue weighted by Gasteiger charge is -2.10. The highest BCUT2D eigenvalue weighted by Crippen LogP contribution is 2.25. The molecule has 0 aliphatic carbocycles. The average molecular weight is 401 g/mol. The largest absolute Gasteiger partial charge is 0.464 e. The number of benzene rings is 1. The van der Waals surface area contributed by atoms with E-state index in [-0.39, 0.29) is 27.7 Å². The minimum Gasteiger partial charge on any atom is -0.464 e. The summed E-state index contributed by atoms with van der Waals surface area (Å²) < 4.78 is 38.1. The molecule has 0 spiro atoms. The molecule has 28 heavy (non-hydrogen) atoms. The second-order valence-corrected chi connectivity index (χ2v) is 7.38. The van der Waals surface area contributed by atoms with Crippen molar-refractivity contribution in [3.63, 3.8) is 0 Å². The number of sulfonamides is 1. The minimum absolute atomic E-state index is 0.0193. The van der Waals surface area contributed by atoms with Gasteiger partial charge in [0.25, 0.3) is 10.0 Å². The van der Waals surface area contributed by atoms with Gasteiger partial charge in [0, 0.05) is 18.0 Å². The van der Waals surface area contributed by atoms with Crippen LogP contribution in [0.1, 0.15) is 21.8 Å². The number of nitrogens with one attached hydrogen (secondary N) is 1. The van der Waals surface area contributed by atoms with Crippen molar-refractivity contribution >= 4 is 27.5 Å². The van der Waals surface area contributed by atoms with Crippen molar-refractivity contribution in [2.24, 2.45) is 0 Å². The molecule has 0 saturated heterocycles. The van der Waals surface area contributed by atoms with E-state index in [1.807, 2.05) is 6.07 Å². The summed E-state index contributed by atoms with van der Waals surface area (Å²) >= 11 is 0. The monoisotopic (exact) mass is 401 g/mol. The highest BCUT2D eigenvalue weighted by Gasteiger charge is 2.22. The summed E-state index contributed by atoms with van der Waals surface area (Å²) in [4.78, 5) is 12.0. The van der Waals surface area contributed by atoms with Gasteiger partial charge in [-0.3, -0.25) is 4.72 Å². The van der Waals surface area contributed by atoms with Crippen LogP contribution in [0.2, 0.25) is 0 Å². The molecule has 144 valence electrons. The van der Waals surface area contributed by atoms with Crippen molar-refractivity contribution in [1.29, 1.82) is 5.26 Å². The van der Waals surface area contributed by atoms with Gasteiger partial charge in [0.15, 0.2) is 11.5 Å². The van der Waals surface area contributed by atoms with E-state index in [4.69, 9.17) is 20.3 Å². The molecule has 3 aromatic rings. The summed E-state index contributed by atoms with van der Waals surface area (Å²) in [5.41, 5.74) is 6.33. The van der Waals surface area contributed by atoms with Gasteiger partial charge in [-0.25, -0.2) is 13.2 Å². The van der Waals surface area contributed by atoms with E-state index in [0.717, 1.165) is 0 Å². The van der Waals surface area contributed by atoms with Crippen LogP contribution in [-0.4, -0.2) is 31.2 Å². The zero-order chi connectivity index (χ0) is 20.5. The Hall–Kier alpha value is -3.78. The number of esters is 1. The zero-order valence-electron chi connectivity index (χ0n) is 14.8. The number of aromatic nitrogens is 2. The Bertz CT molecular complexity index is 1190. The van der Waals surface area contributed by atoms with E-state index < -0.39 is 16.0 Å². The maximum Gasteiger partial charge on any atom is 0.357 e. The predicted octanol–water partition coefficient (Wildman–Crippen LogP) is 1.81. The lowest BCUT2D eigenvalue weighted by atomic mass is 10.2. The number of methoxy groups -OCH3 is 1. The molecule has 3 N–H and O–H groups in total. The number of nitrogen functional groups attached to an aromatic ring is 1. The molecular weight excluding hydrogens is 386 g/mol. The van der Waals surface area contributed by atoms with Crippen molar-refractivity contribution < 1.29 is 22.5 Å². The van der Waals surface area contributed by atoms with Crippen LogP contribution < -0.4 is 10.5 Å². The zero-order valence-corrected chi connectivity index (χ0v) is 15.6. The Morgan fingerprint density at radius 2 is 2.04 bits per heavy atom. The van der Waals surface area contributed by atoms with Gasteiger partial charge in [-0.05, 0) is 31.2 Å². The molecule has 0 atom stereocenters. The fraction of sp³-hybridized carbons (Fsp3) is 0.118. The first-order chi connectivity index (χ1) is 13.3. The van der Waals surface area contributed by atoms with Gasteiger partial charge in [0.2, 0.25) is 0 Å². The summed E-state index contributed by atoms with van der Waals surface area (Å²) in [6.07, 6.45) is 1.38. The van der Waals surface area contributed by atoms with E-state index in [9.17, 15) is 13.2 Å². The smallest absolute Gasteiger partial charge is 0.357 e. The van der Waals surface area contributed by atoms with Gasteiger partial charge in [0.05, 0.1) is 23.3 Å². The molecule has 11 heteroatoms. The summed E-state index contributed by atoms with van der Waals surface area (Å²) in [5.74, 6) is -0.202. The Morgan fingerprint density at radius 1 is 1.36 bits per heavy atom. The van der Waals surface area contributed by atoms with E-state index in [2.05, 4.69) is 9.88 Å². The number of rotatable bonds is 5. The van der Waals surface area contributed by atoms with Crippen LogP contribution >= 0.6 is 0 Å². The SMILES string of the molecule is COC(=O)c1c(N)c(C#N)cn1-c1ccc(S(=O)(=O)Nc2cc(C)on2)cc1. The second kappa shape index (κ2) is 7.09. The normalized spacial score (nSPS) is 11.0. The molecule has 0 aliphatic heterocycles. The minimum atomic E-state index is -3.89. The van der Waals surface area contributed by atoms with Crippen LogP contribution in [0.5, 0.6) is 0 Å². The number of carbonyl (C=O) groups is 1. The van der Waals surface area contributed by atoms with Crippen molar-refractivity contribution in [3.8, 4) is 11.8 Å². The predicted molar refractivity (Wildman–Crippen MR) is 98.3 cm³/mol. The number of aryl methyl sites for hydroxylation is 1. The van der Waals surface area contributed by atoms with Crippen LogP contribution in [0, 0.1) is 18.3 Å². The standard InChI is InChI=1S/C17H15N5O5S/c1-10-7-14(20-27-10)21-28(24,25)13-5-3-12(4-6-13)22-9-11(8-18)15(19)16(22)17(23)26-2/h3-7,9H,19H2,1-2H3,(H,20,21). The number of nitriles is 1. The van der Waals surface area contributed by atoms with Gasteiger partial charge in [-0.2, -0.15) is 5.26 Å². The van der Waals surface area contributed by atoms with E-state index in [1.165, 1.54) is 48.2 Å². The molecule has 2 heterocycles. The first-order valence-corrected chi connectivity index (χ1v) is 9.31. The Kier molecular flexibility index (Phi) is 4.81. The van der Waals surface area contributed by atoms with Gasteiger partial charge in [0.1, 0.15) is 11.8 Å². The van der Waals surface area contributed by atoms with Gasteiger partial charge in [-0.15, -0.1) is 0 Å². The molecule has 0 saturated carbocycles. The molecule has 0 bridgehead atoms. The van der Waals surface area contributed by atoms with Crippen molar-refractivity contribution in [2.45, 2.75) is 11.8 Å². The molecule has 10 nitrogen and oxygen atoms in total. The molecule has 0 aliphatic rings. The highest BCUT2D eigenvalue weighted by atomic mass is 32.2. The quantitative estimate of drug-likeness (QED) is 0.614. The van der Waals surface area contributed by atoms with E-state index in [1.54, 1.807) is 6.92 Å². The summed E-state index contributed by atoms with van der Waals surface area (Å²) in [7, 11) is -2.70. The maximum absolute atomic E-state index is 12.4. The summed E-state index contributed by atoms with van der Waals surface area (Å²) in [6, 6.07) is 8.96. The van der Waals surface area contributed by atoms with Crippen molar-refractivity contribution in [2.75, 3.05) is 17.6 Å². The van der Waals surface area contributed by atoms with Crippen LogP contribution in [0.4, 0.5) is 11.5 Å². The van der Waals surface area contributed by atoms with Gasteiger partial charge in [-0.1, -0.05) is 5.16 Å². The Morgan fingerprint density at radius 3 is 2.57 bits per heavy atom. The molecule has 0 unspecified atom stereocenters. The van der Waals surface area contributed by atoms with E-state index in [0.29, 0.717) is 11.4 Å². The Labute approximate surface area is 160 Å². The fourth-order valence-corrected chi connectivity index (χ4v) is 3.50. The van der Waals surface area contributed by atoms with Crippen molar-refractivity contribution in [3.05, 3.63) is 53.5 Å². The molecular formula is C17H15N5O5S. The van der Waals surface area contributed by atoms with Crippen LogP contribution in [0.3, 0.4) is 0 Å². The average Bonchev–Trinajstić information content (AvgIpc) is 3.23. The molecule has 1 aromatic carbocycles. The number of hydrogen-bond donors (Lipinski definition) is 2. The third-order valence-corrected chi connectivity index (χ3v) is 5.21. The molecule has 3 rings (SSSR count). The number of nitrogens with zero attached hydrogens (tertiary/aromatic N) is 3. The van der Waals surface area contributed by atoms with Crippen LogP contribution in [-0.2, 0) is 14.8 Å². The number of anilines is 2. The van der Waals surface area contributed by atoms with Crippen molar-refractivity contribution in [1.82, 2.24) is 9.72 Å². The fourth-order valence-electron chi connectivity index (χ4n) is 2.52. The van der Waals surface area contributed by atoms with Gasteiger partial charge < -0.3 is 19.6 Å². The Balaban J connectivity index is 1.97. The molecule has 2 aromatic heterocycles. The van der Waals surface area contributed by atoms with Crippen LogP contribution in [0.25, 0.3) is 5.69 Å². The topological polar surface area (TPSA) is 153 Å². The van der Waals surface area contributed by atoms with Crippen LogP contribution in [0.15, 0.2) is 45.9 Å². The summed E-state index contributed by atoms with van der Waals surface area (Å²) in [6.45, 7) is 1.64. The molecule has 0 fully saturated rings. The first-order valence-electron chi connectivity index (χ1n) is 7.82. The molecule has 0 amide bonds. The maximum atomic E-state index is 12.4. The van der Waals surface area contributed by atoms with E-state index >= 15 is 0 Å². The lowest BCUT2D eigenvalue weighted by molar-refractivity contribution is 0.0593. The first kappa shape index (κ1) is 19.0. The number of carbonyl (C=O) groups excluding carboxylic acids is 1.